The Bertz CT molecular complexity index is 526. The Hall–Kier alpha value is -1.35. The maximum atomic E-state index is 12.1. The molecule has 0 aromatic carbocycles. The molecule has 1 N–H and O–H groups in total. The summed E-state index contributed by atoms with van der Waals surface area (Å²) in [6, 6.07) is 0. The largest absolute Gasteiger partial charge is 0.469 e. The van der Waals surface area contributed by atoms with Gasteiger partial charge in [0.1, 0.15) is 4.32 Å². The molecule has 0 atom stereocenters. The zero-order chi connectivity index (χ0) is 24.0. The summed E-state index contributed by atoms with van der Waals surface area (Å²) in [5.74, 6) is -0.553. The van der Waals surface area contributed by atoms with E-state index in [4.69, 9.17) is 12.2 Å². The molecule has 32 heavy (non-hydrogen) atoms. The first-order chi connectivity index (χ1) is 15.4. The fourth-order valence-electron chi connectivity index (χ4n) is 3.06. The van der Waals surface area contributed by atoms with Gasteiger partial charge in [0.2, 0.25) is 5.91 Å². The molecule has 0 bridgehead atoms. The molecule has 0 rings (SSSR count). The van der Waals surface area contributed by atoms with E-state index in [2.05, 4.69) is 21.7 Å². The van der Waals surface area contributed by atoms with Gasteiger partial charge in [-0.1, -0.05) is 88.7 Å². The van der Waals surface area contributed by atoms with Gasteiger partial charge in [-0.2, -0.15) is 0 Å². The quantitative estimate of drug-likeness (QED) is 0.161. The van der Waals surface area contributed by atoms with Crippen LogP contribution in [0, 0.1) is 0 Å². The Morgan fingerprint density at radius 3 is 1.75 bits per heavy atom. The molecular weight excluding hydrogens is 448 g/mol. The molecule has 0 unspecified atom stereocenters. The van der Waals surface area contributed by atoms with Crippen molar-refractivity contribution in [2.75, 3.05) is 39.6 Å². The minimum Gasteiger partial charge on any atom is -0.469 e. The predicted molar refractivity (Wildman–Crippen MR) is 135 cm³/mol. The molecule has 0 aliphatic rings. The Kier molecular flexibility index (Phi) is 20.6. The molecule has 0 saturated carbocycles. The third-order valence-corrected chi connectivity index (χ3v) is 6.59. The third kappa shape index (κ3) is 18.2. The monoisotopic (exact) mass is 490 g/mol. The highest BCUT2D eigenvalue weighted by molar-refractivity contribution is 8.23. The zero-order valence-corrected chi connectivity index (χ0v) is 21.8. The van der Waals surface area contributed by atoms with E-state index in [1.165, 1.54) is 77.3 Å². The average Bonchev–Trinajstić information content (AvgIpc) is 2.80. The van der Waals surface area contributed by atoms with Crippen molar-refractivity contribution in [2.24, 2.45) is 0 Å². The summed E-state index contributed by atoms with van der Waals surface area (Å²) in [7, 11) is 2.65. The molecule has 0 aliphatic carbocycles. The van der Waals surface area contributed by atoms with E-state index in [1.54, 1.807) is 4.90 Å². The number of hydrogen-bond donors (Lipinski definition) is 1. The number of hydrogen-bond acceptors (Lipinski definition) is 7. The van der Waals surface area contributed by atoms with E-state index in [0.717, 1.165) is 12.8 Å². The fraction of sp³-hybridized carbons (Fsp3) is 0.826. The Labute approximate surface area is 203 Å². The summed E-state index contributed by atoms with van der Waals surface area (Å²) >= 11 is 6.64. The standard InChI is InChI=1S/C23H42N2O5S2/c1-4-5-6-7-8-9-10-11-12-13-16-24-20(26)19-32-23(31)25(17-14-21(27)29-2)18-15-22(28)30-3/h4-19H2,1-3H3,(H,24,26). The first-order valence-electron chi connectivity index (χ1n) is 11.8. The molecule has 0 radical (unpaired) electrons. The molecule has 0 aliphatic heterocycles. The second-order valence-electron chi connectivity index (χ2n) is 7.73. The van der Waals surface area contributed by atoms with Gasteiger partial charge in [-0.15, -0.1) is 0 Å². The Morgan fingerprint density at radius 1 is 0.812 bits per heavy atom. The van der Waals surface area contributed by atoms with Gasteiger partial charge in [-0.25, -0.2) is 0 Å². The van der Waals surface area contributed by atoms with Gasteiger partial charge in [0, 0.05) is 19.6 Å². The lowest BCUT2D eigenvalue weighted by Crippen LogP contribution is -2.34. The van der Waals surface area contributed by atoms with Crippen LogP contribution in [0.1, 0.15) is 84.0 Å². The van der Waals surface area contributed by atoms with Gasteiger partial charge in [0.05, 0.1) is 32.8 Å². The van der Waals surface area contributed by atoms with Crippen LogP contribution in [0.25, 0.3) is 0 Å². The Balaban J connectivity index is 3.98. The zero-order valence-electron chi connectivity index (χ0n) is 20.1. The summed E-state index contributed by atoms with van der Waals surface area (Å²) in [5.41, 5.74) is 0. The number of nitrogens with zero attached hydrogens (tertiary/aromatic N) is 1. The van der Waals surface area contributed by atoms with Crippen molar-refractivity contribution in [2.45, 2.75) is 84.0 Å². The van der Waals surface area contributed by atoms with Crippen LogP contribution in [0.3, 0.4) is 0 Å². The van der Waals surface area contributed by atoms with Gasteiger partial charge < -0.3 is 19.7 Å². The number of esters is 2. The molecule has 0 heterocycles. The first kappa shape index (κ1) is 30.6. The molecule has 0 fully saturated rings. The van der Waals surface area contributed by atoms with Crippen LogP contribution in [-0.2, 0) is 23.9 Å². The number of thiocarbonyl (C=S) groups is 1. The van der Waals surface area contributed by atoms with Crippen molar-refractivity contribution >= 4 is 46.1 Å². The van der Waals surface area contributed by atoms with Crippen molar-refractivity contribution in [1.29, 1.82) is 0 Å². The molecule has 9 heteroatoms. The van der Waals surface area contributed by atoms with Gasteiger partial charge >= 0.3 is 11.9 Å². The third-order valence-electron chi connectivity index (χ3n) is 5.06. The molecule has 1 amide bonds. The minimum absolute atomic E-state index is 0.0610. The molecule has 0 aromatic rings. The number of methoxy groups -OCH3 is 2. The summed E-state index contributed by atoms with van der Waals surface area (Å²) in [6.07, 6.45) is 12.9. The van der Waals surface area contributed by atoms with Gasteiger partial charge in [0.25, 0.3) is 0 Å². The highest BCUT2D eigenvalue weighted by Gasteiger charge is 2.16. The molecule has 0 aromatic heterocycles. The van der Waals surface area contributed by atoms with E-state index < -0.39 is 0 Å². The molecule has 186 valence electrons. The van der Waals surface area contributed by atoms with Crippen LogP contribution in [0.2, 0.25) is 0 Å². The number of carbonyl (C=O) groups is 3. The highest BCUT2D eigenvalue weighted by Crippen LogP contribution is 2.12. The highest BCUT2D eigenvalue weighted by atomic mass is 32.2. The fourth-order valence-corrected chi connectivity index (χ4v) is 4.14. The lowest BCUT2D eigenvalue weighted by atomic mass is 10.1. The summed E-state index contributed by atoms with van der Waals surface area (Å²) in [6.45, 7) is 3.57. The van der Waals surface area contributed by atoms with E-state index in [0.29, 0.717) is 24.0 Å². The van der Waals surface area contributed by atoms with Crippen LogP contribution >= 0.6 is 24.0 Å². The number of rotatable bonds is 19. The summed E-state index contributed by atoms with van der Waals surface area (Å²) in [5, 5.41) is 2.93. The van der Waals surface area contributed by atoms with Crippen LogP contribution < -0.4 is 5.32 Å². The van der Waals surface area contributed by atoms with Gasteiger partial charge in [-0.3, -0.25) is 14.4 Å². The number of amides is 1. The summed E-state index contributed by atoms with van der Waals surface area (Å²) < 4.78 is 9.80. The number of carbonyl (C=O) groups excluding carboxylic acids is 3. The number of thioether (sulfide) groups is 1. The number of nitrogens with one attached hydrogen (secondary N) is 1. The van der Waals surface area contributed by atoms with Crippen LogP contribution in [0.4, 0.5) is 0 Å². The van der Waals surface area contributed by atoms with E-state index in [9.17, 15) is 14.4 Å². The van der Waals surface area contributed by atoms with Crippen LogP contribution in [0.5, 0.6) is 0 Å². The van der Waals surface area contributed by atoms with Crippen LogP contribution in [-0.4, -0.2) is 66.7 Å². The topological polar surface area (TPSA) is 84.9 Å². The molecule has 7 nitrogen and oxygen atoms in total. The second kappa shape index (κ2) is 21.5. The second-order valence-corrected chi connectivity index (χ2v) is 9.33. The van der Waals surface area contributed by atoms with E-state index in [-0.39, 0.29) is 36.4 Å². The average molecular weight is 491 g/mol. The van der Waals surface area contributed by atoms with Crippen LogP contribution in [0.15, 0.2) is 0 Å². The lowest BCUT2D eigenvalue weighted by Gasteiger charge is -2.23. The summed E-state index contributed by atoms with van der Waals surface area (Å²) in [4.78, 5) is 36.7. The van der Waals surface area contributed by atoms with Crippen molar-refractivity contribution in [3.05, 3.63) is 0 Å². The van der Waals surface area contributed by atoms with Gasteiger partial charge in [0.15, 0.2) is 0 Å². The maximum absolute atomic E-state index is 12.1. The lowest BCUT2D eigenvalue weighted by molar-refractivity contribution is -0.140. The van der Waals surface area contributed by atoms with E-state index in [1.807, 2.05) is 0 Å². The smallest absolute Gasteiger partial charge is 0.307 e. The number of ether oxygens (including phenoxy) is 2. The molecular formula is C23H42N2O5S2. The van der Waals surface area contributed by atoms with E-state index >= 15 is 0 Å². The first-order valence-corrected chi connectivity index (χ1v) is 13.2. The molecule has 0 spiro atoms. The Morgan fingerprint density at radius 2 is 1.28 bits per heavy atom. The normalized spacial score (nSPS) is 10.5. The molecule has 0 saturated heterocycles. The van der Waals surface area contributed by atoms with Crippen molar-refractivity contribution < 1.29 is 23.9 Å². The van der Waals surface area contributed by atoms with Gasteiger partial charge in [-0.05, 0) is 6.42 Å². The van der Waals surface area contributed by atoms with Crippen molar-refractivity contribution in [3.8, 4) is 0 Å². The minimum atomic E-state index is -0.352. The van der Waals surface area contributed by atoms with Crippen molar-refractivity contribution in [1.82, 2.24) is 10.2 Å². The SMILES string of the molecule is CCCCCCCCCCCCNC(=O)CSC(=S)N(CCC(=O)OC)CCC(=O)OC. The number of unbranched alkanes of at least 4 members (excludes halogenated alkanes) is 9. The van der Waals surface area contributed by atoms with Crippen molar-refractivity contribution in [3.63, 3.8) is 0 Å². The predicted octanol–water partition coefficient (Wildman–Crippen LogP) is 4.47. The maximum Gasteiger partial charge on any atom is 0.307 e.